The van der Waals surface area contributed by atoms with E-state index < -0.39 is 0 Å². The van der Waals surface area contributed by atoms with E-state index >= 15 is 0 Å². The first-order valence-corrected chi connectivity index (χ1v) is 10.5. The first kappa shape index (κ1) is 21.0. The molecule has 0 aliphatic carbocycles. The minimum atomic E-state index is 0. The molecule has 1 amide bonds. The van der Waals surface area contributed by atoms with Gasteiger partial charge in [-0.2, -0.15) is 0 Å². The predicted octanol–water partition coefficient (Wildman–Crippen LogP) is 4.07. The Morgan fingerprint density at radius 3 is 2.64 bits per heavy atom. The number of carbonyl (C=O) groups excluding carboxylic acids is 1. The van der Waals surface area contributed by atoms with E-state index in [1.54, 1.807) is 11.3 Å². The summed E-state index contributed by atoms with van der Waals surface area (Å²) in [4.78, 5) is 16.8. The lowest BCUT2D eigenvalue weighted by Crippen LogP contribution is -2.38. The van der Waals surface area contributed by atoms with Crippen molar-refractivity contribution >= 4 is 29.7 Å². The highest BCUT2D eigenvalue weighted by Crippen LogP contribution is 2.37. The maximum absolute atomic E-state index is 12.9. The predicted molar refractivity (Wildman–Crippen MR) is 115 cm³/mol. The standard InChI is InChI=1S/C21H26N2O3S.ClH/c1-22-9-6-15-7-10-23(11-8-15)21(24)20-5-4-19(27-20)16-2-3-17-18(14-16)26-13-12-25-17;/h2-5,14-15,22H,6-13H2,1H3;1H. The van der Waals surface area contributed by atoms with E-state index in [1.807, 2.05) is 42.3 Å². The van der Waals surface area contributed by atoms with Crippen molar-refractivity contribution in [3.63, 3.8) is 0 Å². The quantitative estimate of drug-likeness (QED) is 0.789. The maximum atomic E-state index is 12.9. The van der Waals surface area contributed by atoms with Gasteiger partial charge in [0.25, 0.3) is 5.91 Å². The van der Waals surface area contributed by atoms with Gasteiger partial charge in [-0.3, -0.25) is 4.79 Å². The Kier molecular flexibility index (Phi) is 7.21. The molecule has 2 aliphatic heterocycles. The van der Waals surface area contributed by atoms with E-state index in [4.69, 9.17) is 9.47 Å². The zero-order valence-corrected chi connectivity index (χ0v) is 17.7. The van der Waals surface area contributed by atoms with Crippen LogP contribution in [0.3, 0.4) is 0 Å². The molecule has 2 aromatic rings. The van der Waals surface area contributed by atoms with Gasteiger partial charge >= 0.3 is 0 Å². The number of amides is 1. The van der Waals surface area contributed by atoms with Crippen molar-refractivity contribution in [2.45, 2.75) is 19.3 Å². The number of hydrogen-bond acceptors (Lipinski definition) is 5. The van der Waals surface area contributed by atoms with Crippen molar-refractivity contribution in [3.05, 3.63) is 35.2 Å². The number of piperidine rings is 1. The molecule has 0 unspecified atom stereocenters. The third-order valence-corrected chi connectivity index (χ3v) is 6.47. The van der Waals surface area contributed by atoms with Gasteiger partial charge in [0.2, 0.25) is 0 Å². The Hall–Kier alpha value is -1.76. The summed E-state index contributed by atoms with van der Waals surface area (Å²) in [7, 11) is 1.99. The van der Waals surface area contributed by atoms with Crippen LogP contribution in [0.1, 0.15) is 28.9 Å². The molecule has 28 heavy (non-hydrogen) atoms. The van der Waals surface area contributed by atoms with E-state index in [1.165, 1.54) is 6.42 Å². The van der Waals surface area contributed by atoms with Crippen LogP contribution < -0.4 is 14.8 Å². The number of carbonyl (C=O) groups is 1. The number of thiophene rings is 1. The molecule has 3 heterocycles. The van der Waals surface area contributed by atoms with Gasteiger partial charge in [-0.25, -0.2) is 0 Å². The number of rotatable bonds is 5. The molecule has 0 saturated carbocycles. The number of halogens is 1. The molecule has 0 radical (unpaired) electrons. The van der Waals surface area contributed by atoms with Gasteiger partial charge < -0.3 is 19.7 Å². The van der Waals surface area contributed by atoms with Gasteiger partial charge in [0.1, 0.15) is 13.2 Å². The number of hydrogen-bond donors (Lipinski definition) is 1. The zero-order chi connectivity index (χ0) is 18.6. The number of nitrogens with zero attached hydrogens (tertiary/aromatic N) is 1. The summed E-state index contributed by atoms with van der Waals surface area (Å²) >= 11 is 1.56. The summed E-state index contributed by atoms with van der Waals surface area (Å²) < 4.78 is 11.3. The summed E-state index contributed by atoms with van der Waals surface area (Å²) in [5.74, 6) is 2.47. The van der Waals surface area contributed by atoms with Crippen molar-refractivity contribution in [2.75, 3.05) is 39.9 Å². The smallest absolute Gasteiger partial charge is 0.263 e. The van der Waals surface area contributed by atoms with Crippen molar-refractivity contribution in [3.8, 4) is 21.9 Å². The molecule has 0 spiro atoms. The lowest BCUT2D eigenvalue weighted by Gasteiger charge is -2.31. The molecule has 1 aromatic heterocycles. The fourth-order valence-electron chi connectivity index (χ4n) is 3.73. The fraction of sp³-hybridized carbons (Fsp3) is 0.476. The minimum absolute atomic E-state index is 0. The van der Waals surface area contributed by atoms with Crippen LogP contribution in [0.25, 0.3) is 10.4 Å². The monoisotopic (exact) mass is 422 g/mol. The first-order valence-electron chi connectivity index (χ1n) is 9.68. The number of ether oxygens (including phenoxy) is 2. The first-order chi connectivity index (χ1) is 13.2. The summed E-state index contributed by atoms with van der Waals surface area (Å²) in [6.07, 6.45) is 3.41. The van der Waals surface area contributed by atoms with E-state index in [-0.39, 0.29) is 18.3 Å². The van der Waals surface area contributed by atoms with Crippen LogP contribution in [0.5, 0.6) is 11.5 Å². The van der Waals surface area contributed by atoms with E-state index in [0.717, 1.165) is 65.2 Å². The minimum Gasteiger partial charge on any atom is -0.486 e. The largest absolute Gasteiger partial charge is 0.486 e. The Labute approximate surface area is 176 Å². The summed E-state index contributed by atoms with van der Waals surface area (Å²) in [5, 5.41) is 3.22. The molecule has 152 valence electrons. The highest BCUT2D eigenvalue weighted by molar-refractivity contribution is 7.17. The third-order valence-electron chi connectivity index (χ3n) is 5.35. The van der Waals surface area contributed by atoms with Crippen molar-refractivity contribution in [2.24, 2.45) is 5.92 Å². The number of fused-ring (bicyclic) bond motifs is 1. The SMILES string of the molecule is CNCCC1CCN(C(=O)c2ccc(-c3ccc4c(c3)OCCO4)s2)CC1.Cl. The van der Waals surface area contributed by atoms with Crippen molar-refractivity contribution in [1.82, 2.24) is 10.2 Å². The summed E-state index contributed by atoms with van der Waals surface area (Å²) in [5.41, 5.74) is 1.06. The second-order valence-electron chi connectivity index (χ2n) is 7.15. The Balaban J connectivity index is 0.00000225. The molecule has 1 N–H and O–H groups in total. The molecule has 1 fully saturated rings. The topological polar surface area (TPSA) is 50.8 Å². The van der Waals surface area contributed by atoms with E-state index in [9.17, 15) is 4.79 Å². The highest BCUT2D eigenvalue weighted by Gasteiger charge is 2.24. The Bertz CT molecular complexity index is 803. The molecule has 0 atom stereocenters. The Morgan fingerprint density at radius 1 is 1.14 bits per heavy atom. The van der Waals surface area contributed by atoms with Gasteiger partial charge in [-0.05, 0) is 74.7 Å². The van der Waals surface area contributed by atoms with E-state index in [0.29, 0.717) is 13.2 Å². The van der Waals surface area contributed by atoms with Crippen molar-refractivity contribution in [1.29, 1.82) is 0 Å². The molecular weight excluding hydrogens is 396 g/mol. The molecule has 4 rings (SSSR count). The fourth-order valence-corrected chi connectivity index (χ4v) is 4.70. The number of nitrogens with one attached hydrogen (secondary N) is 1. The lowest BCUT2D eigenvalue weighted by molar-refractivity contribution is 0.0692. The number of benzene rings is 1. The van der Waals surface area contributed by atoms with Crippen LogP contribution >= 0.6 is 23.7 Å². The molecule has 1 saturated heterocycles. The molecule has 7 heteroatoms. The van der Waals surface area contributed by atoms with Crippen LogP contribution in [-0.4, -0.2) is 50.7 Å². The highest BCUT2D eigenvalue weighted by atomic mass is 35.5. The zero-order valence-electron chi connectivity index (χ0n) is 16.1. The summed E-state index contributed by atoms with van der Waals surface area (Å²) in [6, 6.07) is 9.96. The normalized spacial score (nSPS) is 16.5. The maximum Gasteiger partial charge on any atom is 0.263 e. The summed E-state index contributed by atoms with van der Waals surface area (Å²) in [6.45, 7) is 3.96. The second-order valence-corrected chi connectivity index (χ2v) is 8.23. The van der Waals surface area contributed by atoms with Gasteiger partial charge in [0.15, 0.2) is 11.5 Å². The average Bonchev–Trinajstić information content (AvgIpc) is 3.22. The van der Waals surface area contributed by atoms with Crippen LogP contribution in [-0.2, 0) is 0 Å². The third kappa shape index (κ3) is 4.62. The average molecular weight is 423 g/mol. The molecule has 2 aliphatic rings. The molecular formula is C21H27ClN2O3S. The van der Waals surface area contributed by atoms with Gasteiger partial charge in [0, 0.05) is 18.0 Å². The molecule has 5 nitrogen and oxygen atoms in total. The lowest BCUT2D eigenvalue weighted by atomic mass is 9.93. The van der Waals surface area contributed by atoms with Crippen LogP contribution in [0.15, 0.2) is 30.3 Å². The van der Waals surface area contributed by atoms with Gasteiger partial charge in [-0.15, -0.1) is 23.7 Å². The Morgan fingerprint density at radius 2 is 1.89 bits per heavy atom. The van der Waals surface area contributed by atoms with Crippen molar-refractivity contribution < 1.29 is 14.3 Å². The number of likely N-dealkylation sites (tertiary alicyclic amines) is 1. The molecule has 1 aromatic carbocycles. The van der Waals surface area contributed by atoms with Crippen LogP contribution in [0.2, 0.25) is 0 Å². The molecule has 0 bridgehead atoms. The second kappa shape index (κ2) is 9.63. The van der Waals surface area contributed by atoms with E-state index in [2.05, 4.69) is 5.32 Å². The van der Waals surface area contributed by atoms with Gasteiger partial charge in [-0.1, -0.05) is 0 Å². The van der Waals surface area contributed by atoms with Crippen LogP contribution in [0.4, 0.5) is 0 Å². The van der Waals surface area contributed by atoms with Crippen LogP contribution in [0, 0.1) is 5.92 Å². The van der Waals surface area contributed by atoms with Gasteiger partial charge in [0.05, 0.1) is 4.88 Å².